The number of aromatic nitrogens is 1. The van der Waals surface area contributed by atoms with E-state index in [1.807, 2.05) is 54.6 Å². The molecule has 1 aromatic heterocycles. The Labute approximate surface area is 379 Å². The average molecular weight is 810 g/mol. The quantitative estimate of drug-likeness (QED) is 0.162. The van der Waals surface area contributed by atoms with Crippen molar-refractivity contribution in [2.45, 2.75) is 5.41 Å². The first-order chi connectivity index (χ1) is 35.0. The second-order valence-corrected chi connectivity index (χ2v) is 16.1. The van der Waals surface area contributed by atoms with Gasteiger partial charge in [0.25, 0.3) is 0 Å². The number of fused-ring (bicyclic) bond motifs is 13. The Bertz CT molecular complexity index is 3960. The molecule has 2 nitrogen and oxygen atoms in total. The largest absolute Gasteiger partial charge is 0.310 e. The number of rotatable bonds is 6. The highest BCUT2D eigenvalue weighted by molar-refractivity contribution is 6.10. The number of benzene rings is 10. The third kappa shape index (κ3) is 5.13. The summed E-state index contributed by atoms with van der Waals surface area (Å²) in [5.74, 6) is 0. The maximum atomic E-state index is 9.87. The lowest BCUT2D eigenvalue weighted by Gasteiger charge is -2.32. The van der Waals surface area contributed by atoms with Gasteiger partial charge in [0.1, 0.15) is 0 Å². The second-order valence-electron chi connectivity index (χ2n) is 16.1. The zero-order chi connectivity index (χ0) is 49.3. The summed E-state index contributed by atoms with van der Waals surface area (Å²) >= 11 is 0. The van der Waals surface area contributed by atoms with Crippen LogP contribution in [0.3, 0.4) is 0 Å². The first kappa shape index (κ1) is 27.6. The fourth-order valence-electron chi connectivity index (χ4n) is 10.5. The van der Waals surface area contributed by atoms with Crippen LogP contribution in [-0.4, -0.2) is 4.57 Å². The molecule has 0 fully saturated rings. The molecular formula is C61H40N2. The fourth-order valence-corrected chi connectivity index (χ4v) is 10.5. The Balaban J connectivity index is 1.07. The highest BCUT2D eigenvalue weighted by atomic mass is 15.1. The van der Waals surface area contributed by atoms with Crippen LogP contribution in [0.1, 0.15) is 34.6 Å². The standard InChI is InChI=1S/C61H40N2/c1-2-17-41(18-3-1)42-33-37-44(38-34-42)62(45-39-35-43(36-40-45)46-19-7-13-29-56(46)63-57-30-14-8-22-49(57)50-23-9-15-31-58(50)63)59-32-16-28-55-60(59)51-24-6-12-27-54(51)61(55)52-25-10-4-20-47(52)48-21-5-11-26-53(48)61/h1-40H/i1D,2D,3D,17D,18D,33D,34D,37D,38D. The van der Waals surface area contributed by atoms with E-state index >= 15 is 0 Å². The first-order valence-electron chi connectivity index (χ1n) is 25.6. The van der Waals surface area contributed by atoms with E-state index < -0.39 is 65.4 Å². The summed E-state index contributed by atoms with van der Waals surface area (Å²) in [5.41, 5.74) is 13.1. The van der Waals surface area contributed by atoms with Crippen molar-refractivity contribution in [1.29, 1.82) is 0 Å². The smallest absolute Gasteiger partial charge is 0.0726 e. The average Bonchev–Trinajstić information content (AvgIpc) is 4.05. The molecule has 0 unspecified atom stereocenters. The third-order valence-corrected chi connectivity index (χ3v) is 13.0. The third-order valence-electron chi connectivity index (χ3n) is 13.0. The molecule has 13 rings (SSSR count). The van der Waals surface area contributed by atoms with Crippen molar-refractivity contribution in [3.63, 3.8) is 0 Å². The van der Waals surface area contributed by atoms with Gasteiger partial charge in [-0.2, -0.15) is 0 Å². The van der Waals surface area contributed by atoms with Gasteiger partial charge in [-0.1, -0.05) is 194 Å². The van der Waals surface area contributed by atoms with Gasteiger partial charge >= 0.3 is 0 Å². The van der Waals surface area contributed by atoms with Crippen molar-refractivity contribution >= 4 is 38.9 Å². The van der Waals surface area contributed by atoms with Crippen molar-refractivity contribution in [1.82, 2.24) is 4.57 Å². The molecule has 294 valence electrons. The molecule has 0 amide bonds. The zero-order valence-corrected chi connectivity index (χ0v) is 33.8. The summed E-state index contributed by atoms with van der Waals surface area (Å²) in [7, 11) is 0. The maximum absolute atomic E-state index is 9.87. The van der Waals surface area contributed by atoms with E-state index in [1.165, 1.54) is 0 Å². The van der Waals surface area contributed by atoms with Gasteiger partial charge in [-0.25, -0.2) is 0 Å². The second kappa shape index (κ2) is 13.9. The molecule has 0 aliphatic heterocycles. The van der Waals surface area contributed by atoms with E-state index in [1.54, 1.807) is 4.90 Å². The van der Waals surface area contributed by atoms with Crippen LogP contribution in [-0.2, 0) is 5.41 Å². The minimum atomic E-state index is -0.721. The summed E-state index contributed by atoms with van der Waals surface area (Å²) in [6, 6.07) is 59.5. The van der Waals surface area contributed by atoms with Gasteiger partial charge in [-0.05, 0) is 104 Å². The van der Waals surface area contributed by atoms with Crippen LogP contribution in [0.25, 0.3) is 72.0 Å². The lowest BCUT2D eigenvalue weighted by molar-refractivity contribution is 0.794. The van der Waals surface area contributed by atoms with E-state index in [2.05, 4.69) is 138 Å². The van der Waals surface area contributed by atoms with Crippen molar-refractivity contribution in [3.8, 4) is 50.2 Å². The molecule has 0 saturated carbocycles. The highest BCUT2D eigenvalue weighted by Gasteiger charge is 2.52. The predicted octanol–water partition coefficient (Wildman–Crippen LogP) is 15.9. The first-order valence-corrected chi connectivity index (χ1v) is 21.1. The van der Waals surface area contributed by atoms with Crippen LogP contribution in [0.5, 0.6) is 0 Å². The van der Waals surface area contributed by atoms with Gasteiger partial charge in [0.15, 0.2) is 0 Å². The highest BCUT2D eigenvalue weighted by Crippen LogP contribution is 2.64. The van der Waals surface area contributed by atoms with Crippen LogP contribution in [0.4, 0.5) is 17.1 Å². The number of anilines is 3. The van der Waals surface area contributed by atoms with Gasteiger partial charge < -0.3 is 9.47 Å². The van der Waals surface area contributed by atoms with E-state index in [0.29, 0.717) is 11.4 Å². The Morgan fingerprint density at radius 3 is 1.52 bits per heavy atom. The van der Waals surface area contributed by atoms with Gasteiger partial charge in [0, 0.05) is 33.3 Å². The minimum Gasteiger partial charge on any atom is -0.310 e. The molecule has 1 spiro atoms. The van der Waals surface area contributed by atoms with Crippen LogP contribution in [0, 0.1) is 0 Å². The molecular weight excluding hydrogens is 761 g/mol. The SMILES string of the molecule is [2H]c1c([2H])c([2H])c(-c2c([2H])c([2H])c(N(c3ccc(-c4ccccc4-n4c5ccccc5c5ccccc54)cc3)c3cccc4c3-c3ccccc3C43c4ccccc4-c4ccccc43)c([2H])c2[2H])c([2H])c1[2H]. The molecule has 2 heteroatoms. The van der Waals surface area contributed by atoms with Crippen molar-refractivity contribution in [2.24, 2.45) is 0 Å². The maximum Gasteiger partial charge on any atom is 0.0726 e. The molecule has 1 heterocycles. The Hall–Kier alpha value is -8.20. The Kier molecular flexibility index (Phi) is 6.10. The number of hydrogen-bond acceptors (Lipinski definition) is 1. The van der Waals surface area contributed by atoms with Gasteiger partial charge in [0.2, 0.25) is 0 Å². The molecule has 0 atom stereocenters. The van der Waals surface area contributed by atoms with E-state index in [0.717, 1.165) is 83.1 Å². The van der Waals surface area contributed by atoms with Gasteiger partial charge in [0.05, 0.1) is 40.2 Å². The summed E-state index contributed by atoms with van der Waals surface area (Å²) in [5, 5.41) is 2.30. The molecule has 2 aliphatic rings. The van der Waals surface area contributed by atoms with Gasteiger partial charge in [-0.3, -0.25) is 0 Å². The molecule has 10 aromatic carbocycles. The summed E-state index contributed by atoms with van der Waals surface area (Å²) < 4.78 is 83.9. The number of hydrogen-bond donors (Lipinski definition) is 0. The zero-order valence-electron chi connectivity index (χ0n) is 42.8. The van der Waals surface area contributed by atoms with Crippen LogP contribution in [0.2, 0.25) is 0 Å². The van der Waals surface area contributed by atoms with E-state index in [4.69, 9.17) is 6.85 Å². The van der Waals surface area contributed by atoms with Crippen molar-refractivity contribution in [2.75, 3.05) is 4.90 Å². The Morgan fingerprint density at radius 1 is 0.365 bits per heavy atom. The normalized spacial score (nSPS) is 14.9. The minimum absolute atomic E-state index is 0.0569. The predicted molar refractivity (Wildman–Crippen MR) is 263 cm³/mol. The molecule has 0 N–H and O–H groups in total. The fraction of sp³-hybridized carbons (Fsp3) is 0.0164. The van der Waals surface area contributed by atoms with Crippen molar-refractivity contribution in [3.05, 3.63) is 265 Å². The van der Waals surface area contributed by atoms with Crippen molar-refractivity contribution < 1.29 is 12.3 Å². The summed E-state index contributed by atoms with van der Waals surface area (Å²) in [4.78, 5) is 1.80. The topological polar surface area (TPSA) is 8.17 Å². The monoisotopic (exact) mass is 809 g/mol. The van der Waals surface area contributed by atoms with Gasteiger partial charge in [-0.15, -0.1) is 0 Å². The molecule has 0 radical (unpaired) electrons. The molecule has 2 aliphatic carbocycles. The Morgan fingerprint density at radius 2 is 0.873 bits per heavy atom. The van der Waals surface area contributed by atoms with Crippen LogP contribution in [0.15, 0.2) is 242 Å². The lowest BCUT2D eigenvalue weighted by atomic mass is 9.70. The van der Waals surface area contributed by atoms with Crippen LogP contribution >= 0.6 is 0 Å². The molecule has 0 saturated heterocycles. The van der Waals surface area contributed by atoms with E-state index in [-0.39, 0.29) is 11.3 Å². The summed E-state index contributed by atoms with van der Waals surface area (Å²) in [6.45, 7) is 0. The molecule has 11 aromatic rings. The molecule has 63 heavy (non-hydrogen) atoms. The summed E-state index contributed by atoms with van der Waals surface area (Å²) in [6.07, 6.45) is 0. The molecule has 0 bridgehead atoms. The number of nitrogens with zero attached hydrogens (tertiary/aromatic N) is 2. The van der Waals surface area contributed by atoms with Crippen LogP contribution < -0.4 is 4.90 Å². The number of para-hydroxylation sites is 3. The van der Waals surface area contributed by atoms with E-state index in [9.17, 15) is 5.48 Å². The lowest BCUT2D eigenvalue weighted by Crippen LogP contribution is -2.26.